The molecule has 0 N–H and O–H groups in total. The maximum absolute atomic E-state index is 11.7. The number of aryl methyl sites for hydroxylation is 1. The van der Waals surface area contributed by atoms with Crippen molar-refractivity contribution in [2.45, 2.75) is 30.8 Å². The maximum Gasteiger partial charge on any atom is 0.259 e. The van der Waals surface area contributed by atoms with E-state index in [1.807, 2.05) is 37.2 Å². The SMILES string of the molecule is CN(C)C1[C]=CC=CC1(CCCc1ccccc1)[N+](=O)[O-]. The Morgan fingerprint density at radius 3 is 2.67 bits per heavy atom. The molecule has 1 aromatic carbocycles. The zero-order chi connectivity index (χ0) is 15.3. The van der Waals surface area contributed by atoms with Crippen LogP contribution in [0.2, 0.25) is 0 Å². The molecule has 0 heterocycles. The summed E-state index contributed by atoms with van der Waals surface area (Å²) >= 11 is 0. The summed E-state index contributed by atoms with van der Waals surface area (Å²) in [6.07, 6.45) is 10.5. The lowest BCUT2D eigenvalue weighted by Crippen LogP contribution is -2.54. The lowest BCUT2D eigenvalue weighted by Gasteiger charge is -2.34. The van der Waals surface area contributed by atoms with Gasteiger partial charge in [-0.3, -0.25) is 15.0 Å². The Labute approximate surface area is 125 Å². The van der Waals surface area contributed by atoms with Crippen LogP contribution in [-0.2, 0) is 6.42 Å². The van der Waals surface area contributed by atoms with Crippen molar-refractivity contribution in [3.8, 4) is 0 Å². The van der Waals surface area contributed by atoms with E-state index in [0.29, 0.717) is 6.42 Å². The number of benzene rings is 1. The molecule has 0 aliphatic heterocycles. The van der Waals surface area contributed by atoms with Crippen LogP contribution in [0.1, 0.15) is 18.4 Å². The van der Waals surface area contributed by atoms with Gasteiger partial charge in [0.2, 0.25) is 0 Å². The van der Waals surface area contributed by atoms with E-state index in [4.69, 9.17) is 0 Å². The van der Waals surface area contributed by atoms with Crippen LogP contribution in [0.4, 0.5) is 0 Å². The minimum atomic E-state index is -1.08. The molecule has 0 aromatic heterocycles. The highest BCUT2D eigenvalue weighted by Gasteiger charge is 2.48. The van der Waals surface area contributed by atoms with Gasteiger partial charge in [0, 0.05) is 11.3 Å². The summed E-state index contributed by atoms with van der Waals surface area (Å²) in [5.41, 5.74) is 0.143. The zero-order valence-corrected chi connectivity index (χ0v) is 12.5. The molecule has 0 bridgehead atoms. The lowest BCUT2D eigenvalue weighted by atomic mass is 9.81. The number of hydrogen-bond donors (Lipinski definition) is 0. The minimum Gasteiger partial charge on any atom is -0.296 e. The second-order valence-corrected chi connectivity index (χ2v) is 5.65. The Hall–Kier alpha value is -1.94. The smallest absolute Gasteiger partial charge is 0.259 e. The first-order valence-electron chi connectivity index (χ1n) is 7.18. The van der Waals surface area contributed by atoms with Crippen molar-refractivity contribution < 1.29 is 4.92 Å². The number of likely N-dealkylation sites (N-methyl/N-ethyl adjacent to an activating group) is 1. The predicted octanol–water partition coefficient (Wildman–Crippen LogP) is 2.88. The number of allylic oxidation sites excluding steroid dienone is 2. The van der Waals surface area contributed by atoms with Gasteiger partial charge in [-0.1, -0.05) is 42.5 Å². The molecule has 0 saturated carbocycles. The van der Waals surface area contributed by atoms with Crippen LogP contribution in [0, 0.1) is 16.2 Å². The van der Waals surface area contributed by atoms with Crippen LogP contribution in [0.3, 0.4) is 0 Å². The third kappa shape index (κ3) is 3.39. The summed E-state index contributed by atoms with van der Waals surface area (Å²) < 4.78 is 0. The molecular formula is C17H21N2O2. The number of nitrogens with zero attached hydrogens (tertiary/aromatic N) is 2. The fourth-order valence-electron chi connectivity index (χ4n) is 2.89. The Bertz CT molecular complexity index is 537. The van der Waals surface area contributed by atoms with Crippen molar-refractivity contribution in [3.05, 3.63) is 70.3 Å². The molecule has 2 rings (SSSR count). The molecule has 111 valence electrons. The highest BCUT2D eigenvalue weighted by Crippen LogP contribution is 2.30. The Morgan fingerprint density at radius 2 is 2.05 bits per heavy atom. The Balaban J connectivity index is 2.10. The monoisotopic (exact) mass is 285 g/mol. The molecule has 4 heteroatoms. The Kier molecular flexibility index (Phi) is 4.91. The quantitative estimate of drug-likeness (QED) is 0.596. The molecule has 0 amide bonds. The third-order valence-electron chi connectivity index (χ3n) is 3.95. The van der Waals surface area contributed by atoms with E-state index in [0.717, 1.165) is 12.8 Å². The molecule has 4 nitrogen and oxygen atoms in total. The summed E-state index contributed by atoms with van der Waals surface area (Å²) in [6.45, 7) is 0. The van der Waals surface area contributed by atoms with Crippen LogP contribution >= 0.6 is 0 Å². The Morgan fingerprint density at radius 1 is 1.33 bits per heavy atom. The molecule has 2 unspecified atom stereocenters. The van der Waals surface area contributed by atoms with Crippen molar-refractivity contribution in [2.24, 2.45) is 0 Å². The summed E-state index contributed by atoms with van der Waals surface area (Å²) in [5.74, 6) is 0. The first kappa shape index (κ1) is 15.4. The van der Waals surface area contributed by atoms with Crippen LogP contribution < -0.4 is 0 Å². The van der Waals surface area contributed by atoms with Crippen LogP contribution in [0.15, 0.2) is 48.6 Å². The highest BCUT2D eigenvalue weighted by molar-refractivity contribution is 5.22. The van der Waals surface area contributed by atoms with Crippen molar-refractivity contribution in [1.29, 1.82) is 0 Å². The normalized spacial score (nSPS) is 24.4. The molecule has 0 saturated heterocycles. The van der Waals surface area contributed by atoms with Gasteiger partial charge in [-0.25, -0.2) is 0 Å². The fourth-order valence-corrected chi connectivity index (χ4v) is 2.89. The van der Waals surface area contributed by atoms with Crippen LogP contribution in [-0.4, -0.2) is 35.5 Å². The molecule has 21 heavy (non-hydrogen) atoms. The maximum atomic E-state index is 11.7. The third-order valence-corrected chi connectivity index (χ3v) is 3.95. The molecule has 1 radical (unpaired) electrons. The van der Waals surface area contributed by atoms with Crippen molar-refractivity contribution in [2.75, 3.05) is 14.1 Å². The summed E-state index contributed by atoms with van der Waals surface area (Å²) in [7, 11) is 3.72. The van der Waals surface area contributed by atoms with Crippen LogP contribution in [0.25, 0.3) is 0 Å². The molecule has 1 aliphatic rings. The van der Waals surface area contributed by atoms with Gasteiger partial charge in [0.05, 0.1) is 0 Å². The fraction of sp³-hybridized carbons (Fsp3) is 0.412. The predicted molar refractivity (Wildman–Crippen MR) is 83.5 cm³/mol. The van der Waals surface area contributed by atoms with Gasteiger partial charge in [-0.2, -0.15) is 0 Å². The van der Waals surface area contributed by atoms with Gasteiger partial charge in [-0.05, 0) is 44.7 Å². The van der Waals surface area contributed by atoms with Crippen molar-refractivity contribution >= 4 is 0 Å². The largest absolute Gasteiger partial charge is 0.296 e. The van der Waals surface area contributed by atoms with E-state index in [9.17, 15) is 10.1 Å². The number of nitro groups is 1. The van der Waals surface area contributed by atoms with Crippen molar-refractivity contribution in [1.82, 2.24) is 4.90 Å². The summed E-state index contributed by atoms with van der Waals surface area (Å²) in [5, 5.41) is 11.7. The number of hydrogen-bond acceptors (Lipinski definition) is 3. The summed E-state index contributed by atoms with van der Waals surface area (Å²) in [6, 6.07) is 9.77. The van der Waals surface area contributed by atoms with Gasteiger partial charge in [0.25, 0.3) is 5.54 Å². The van der Waals surface area contributed by atoms with E-state index < -0.39 is 5.54 Å². The van der Waals surface area contributed by atoms with Crippen LogP contribution in [0.5, 0.6) is 0 Å². The molecular weight excluding hydrogens is 264 g/mol. The van der Waals surface area contributed by atoms with E-state index in [1.165, 1.54) is 5.56 Å². The van der Waals surface area contributed by atoms with Gasteiger partial charge < -0.3 is 0 Å². The molecule has 1 aromatic rings. The number of rotatable bonds is 6. The van der Waals surface area contributed by atoms with E-state index in [2.05, 4.69) is 18.2 Å². The first-order chi connectivity index (χ1) is 10.1. The van der Waals surface area contributed by atoms with E-state index >= 15 is 0 Å². The molecule has 1 aliphatic carbocycles. The minimum absolute atomic E-state index is 0.154. The molecule has 0 spiro atoms. The standard InChI is InChI=1S/C17H21N2O2/c1-18(2)16-12-6-7-13-17(16,19(20)21)14-8-11-15-9-4-3-5-10-15/h3-7,9-10,13,16H,8,11,14H2,1-2H3. The van der Waals surface area contributed by atoms with E-state index in [1.54, 1.807) is 18.2 Å². The average molecular weight is 285 g/mol. The van der Waals surface area contributed by atoms with Gasteiger partial charge in [-0.15, -0.1) is 0 Å². The average Bonchev–Trinajstić information content (AvgIpc) is 2.48. The van der Waals surface area contributed by atoms with Gasteiger partial charge in [0.1, 0.15) is 6.04 Å². The first-order valence-corrected chi connectivity index (χ1v) is 7.18. The zero-order valence-electron chi connectivity index (χ0n) is 12.5. The van der Waals surface area contributed by atoms with Crippen molar-refractivity contribution in [3.63, 3.8) is 0 Å². The lowest BCUT2D eigenvalue weighted by molar-refractivity contribution is -0.562. The summed E-state index contributed by atoms with van der Waals surface area (Å²) in [4.78, 5) is 13.4. The van der Waals surface area contributed by atoms with E-state index in [-0.39, 0.29) is 11.0 Å². The molecule has 0 fully saturated rings. The van der Waals surface area contributed by atoms with Gasteiger partial charge in [0.15, 0.2) is 0 Å². The van der Waals surface area contributed by atoms with Gasteiger partial charge >= 0.3 is 0 Å². The second-order valence-electron chi connectivity index (χ2n) is 5.65. The topological polar surface area (TPSA) is 46.4 Å². The molecule has 2 atom stereocenters. The highest BCUT2D eigenvalue weighted by atomic mass is 16.6. The second kappa shape index (κ2) is 6.68.